The van der Waals surface area contributed by atoms with E-state index in [0.717, 1.165) is 0 Å². The summed E-state index contributed by atoms with van der Waals surface area (Å²) in [7, 11) is 13.7. The Bertz CT molecular complexity index is 954. The molecule has 3 fully saturated rings. The van der Waals surface area contributed by atoms with Crippen LogP contribution in [0.1, 0.15) is 6.92 Å². The van der Waals surface area contributed by atoms with Crippen molar-refractivity contribution in [3.05, 3.63) is 0 Å². The maximum atomic E-state index is 12.0. The molecule has 15 atom stereocenters. The number of rotatable bonds is 16. The van der Waals surface area contributed by atoms with Gasteiger partial charge in [-0.05, 0) is 12.8 Å². The molecule has 0 bridgehead atoms. The molecule has 3 rings (SSSR count). The van der Waals surface area contributed by atoms with Crippen LogP contribution in [0.15, 0.2) is 0 Å². The molecule has 46 heavy (non-hydrogen) atoms. The van der Waals surface area contributed by atoms with Gasteiger partial charge in [0.15, 0.2) is 18.9 Å². The second kappa shape index (κ2) is 18.9. The third kappa shape index (κ3) is 8.54. The van der Waals surface area contributed by atoms with Crippen LogP contribution < -0.4 is 5.32 Å². The highest BCUT2D eigenvalue weighted by molar-refractivity contribution is 5.93. The maximum absolute atomic E-state index is 12.0. The van der Waals surface area contributed by atoms with Gasteiger partial charge in [0, 0.05) is 64.0 Å². The van der Waals surface area contributed by atoms with Gasteiger partial charge in [-0.2, -0.15) is 0 Å². The van der Waals surface area contributed by atoms with Crippen molar-refractivity contribution in [2.24, 2.45) is 0 Å². The summed E-state index contributed by atoms with van der Waals surface area (Å²) in [6.45, 7) is 2.04. The molecule has 3 heterocycles. The monoisotopic (exact) mass is 665 g/mol. The molecule has 0 saturated carbocycles. The normalized spacial score (nSPS) is 41.5. The van der Waals surface area contributed by atoms with Crippen LogP contribution >= 0.6 is 0 Å². The summed E-state index contributed by atoms with van der Waals surface area (Å²) >= 11 is 0. The average molecular weight is 666 g/mol. The van der Waals surface area contributed by atoms with Gasteiger partial charge in [0.05, 0.1) is 25.4 Å². The molecule has 0 aromatic carbocycles. The first-order valence-electron chi connectivity index (χ1n) is 14.9. The van der Waals surface area contributed by atoms with Crippen molar-refractivity contribution in [1.29, 1.82) is 0 Å². The molecule has 3 aliphatic rings. The fourth-order valence-electron chi connectivity index (χ4n) is 6.35. The van der Waals surface area contributed by atoms with Crippen molar-refractivity contribution in [2.45, 2.75) is 99.0 Å². The van der Waals surface area contributed by atoms with E-state index in [1.54, 1.807) is 21.1 Å². The Balaban J connectivity index is 1.90. The Morgan fingerprint density at radius 3 is 1.41 bits per heavy atom. The van der Waals surface area contributed by atoms with Gasteiger partial charge in [0.1, 0.15) is 61.0 Å². The van der Waals surface area contributed by atoms with Crippen molar-refractivity contribution >= 4 is 5.91 Å². The van der Waals surface area contributed by atoms with E-state index in [1.807, 2.05) is 0 Å². The van der Waals surface area contributed by atoms with Crippen molar-refractivity contribution < 1.29 is 71.1 Å². The highest BCUT2D eigenvalue weighted by atomic mass is 16.8. The van der Waals surface area contributed by atoms with Crippen LogP contribution in [0.25, 0.3) is 0 Å². The lowest BCUT2D eigenvalue weighted by molar-refractivity contribution is -0.381. The molecule has 16 heteroatoms. The predicted octanol–water partition coefficient (Wildman–Crippen LogP) is -0.901. The zero-order valence-electron chi connectivity index (χ0n) is 28.3. The van der Waals surface area contributed by atoms with Crippen LogP contribution in [0.2, 0.25) is 0 Å². The quantitative estimate of drug-likeness (QED) is 0.202. The summed E-state index contributed by atoms with van der Waals surface area (Å²) in [4.78, 5) is 12.0. The zero-order valence-corrected chi connectivity index (χ0v) is 28.3. The first-order valence-corrected chi connectivity index (χ1v) is 14.9. The minimum Gasteiger partial charge on any atom is -0.382 e. The third-order valence-corrected chi connectivity index (χ3v) is 8.52. The molecule has 1 amide bonds. The van der Waals surface area contributed by atoms with E-state index in [0.29, 0.717) is 0 Å². The molecule has 15 unspecified atom stereocenters. The van der Waals surface area contributed by atoms with E-state index in [-0.39, 0.29) is 13.2 Å². The van der Waals surface area contributed by atoms with Crippen molar-refractivity contribution in [3.63, 3.8) is 0 Å². The third-order valence-electron chi connectivity index (χ3n) is 8.52. The van der Waals surface area contributed by atoms with Gasteiger partial charge in [0.2, 0.25) is 0 Å². The molecule has 0 spiro atoms. The highest BCUT2D eigenvalue weighted by Crippen LogP contribution is 2.36. The van der Waals surface area contributed by atoms with E-state index < -0.39 is 98.0 Å². The molecular weight excluding hydrogens is 614 g/mol. The summed E-state index contributed by atoms with van der Waals surface area (Å²) in [5.74, 6) is 1.45. The molecule has 0 aliphatic carbocycles. The van der Waals surface area contributed by atoms with E-state index in [2.05, 4.69) is 11.2 Å². The molecule has 3 aliphatic heterocycles. The van der Waals surface area contributed by atoms with Gasteiger partial charge in [-0.3, -0.25) is 4.79 Å². The van der Waals surface area contributed by atoms with Gasteiger partial charge in [0.25, 0.3) is 5.91 Å². The van der Waals surface area contributed by atoms with Crippen LogP contribution in [0.5, 0.6) is 0 Å². The van der Waals surface area contributed by atoms with Crippen molar-refractivity contribution in [3.8, 4) is 12.3 Å². The SMILES string of the molecule is C#CC(=O)NC1C(C)OC(OC2C(COC)OC(OC3C(COC)OC(OC)C(OC)C3OC)C(OC)C2OC)C(OC)C1OC. The number of amides is 1. The average Bonchev–Trinajstić information content (AvgIpc) is 3.06. The van der Waals surface area contributed by atoms with Crippen LogP contribution in [0.3, 0.4) is 0 Å². The summed E-state index contributed by atoms with van der Waals surface area (Å²) in [6, 6.07) is -0.612. The highest BCUT2D eigenvalue weighted by Gasteiger charge is 2.55. The lowest BCUT2D eigenvalue weighted by Crippen LogP contribution is -2.68. The summed E-state index contributed by atoms with van der Waals surface area (Å²) < 4.78 is 83.5. The van der Waals surface area contributed by atoms with Crippen molar-refractivity contribution in [1.82, 2.24) is 5.32 Å². The Labute approximate surface area is 271 Å². The summed E-state index contributed by atoms with van der Waals surface area (Å²) in [5.41, 5.74) is 0. The first kappa shape index (κ1) is 38.9. The second-order valence-electron chi connectivity index (χ2n) is 11.0. The Kier molecular flexibility index (Phi) is 16.0. The Morgan fingerprint density at radius 2 is 1.00 bits per heavy atom. The molecular formula is C30H51NO15. The first-order chi connectivity index (χ1) is 22.2. The van der Waals surface area contributed by atoms with E-state index in [1.165, 1.54) is 49.8 Å². The van der Waals surface area contributed by atoms with Gasteiger partial charge in [-0.15, -0.1) is 6.42 Å². The lowest BCUT2D eigenvalue weighted by Gasteiger charge is -2.51. The van der Waals surface area contributed by atoms with Gasteiger partial charge in [-0.1, -0.05) is 0 Å². The smallest absolute Gasteiger partial charge is 0.296 e. The largest absolute Gasteiger partial charge is 0.382 e. The van der Waals surface area contributed by atoms with Crippen LogP contribution in [-0.2, 0) is 71.1 Å². The number of methoxy groups -OCH3 is 9. The fraction of sp³-hybridized carbons (Fsp3) is 0.900. The van der Waals surface area contributed by atoms with E-state index in [4.69, 9.17) is 72.7 Å². The van der Waals surface area contributed by atoms with Gasteiger partial charge >= 0.3 is 0 Å². The lowest BCUT2D eigenvalue weighted by atomic mass is 9.94. The molecule has 266 valence electrons. The van der Waals surface area contributed by atoms with E-state index in [9.17, 15) is 4.79 Å². The minimum absolute atomic E-state index is 0.0954. The number of terminal acetylenes is 1. The maximum Gasteiger partial charge on any atom is 0.296 e. The minimum atomic E-state index is -1.00. The number of hydrogen-bond donors (Lipinski definition) is 1. The van der Waals surface area contributed by atoms with Crippen LogP contribution in [0.4, 0.5) is 0 Å². The summed E-state index contributed by atoms with van der Waals surface area (Å²) in [6.07, 6.45) is -5.16. The topological polar surface area (TPSA) is 158 Å². The number of ether oxygens (including phenoxy) is 14. The molecule has 1 N–H and O–H groups in total. The number of nitrogens with one attached hydrogen (secondary N) is 1. The van der Waals surface area contributed by atoms with Gasteiger partial charge < -0.3 is 71.6 Å². The fourth-order valence-corrected chi connectivity index (χ4v) is 6.35. The number of carbonyl (C=O) groups excluding carboxylic acids is 1. The van der Waals surface area contributed by atoms with Crippen LogP contribution in [0, 0.1) is 12.3 Å². The molecule has 3 saturated heterocycles. The zero-order chi connectivity index (χ0) is 34.0. The standard InChI is InChI=1S/C30H51NO15/c1-12-18(32)31-19-15(2)42-29(25(38-8)22(19)35-5)45-21-17(14-34-4)44-30(27(40-10)24(21)37-7)46-20-16(13-33-3)43-28(41-11)26(39-9)23(20)36-6/h1,15-17,19-30H,13-14H2,2-11H3,(H,31,32). The van der Waals surface area contributed by atoms with E-state index >= 15 is 0 Å². The summed E-state index contributed by atoms with van der Waals surface area (Å²) in [5, 5.41) is 2.74. The molecule has 16 nitrogen and oxygen atoms in total. The molecule has 0 radical (unpaired) electrons. The second-order valence-corrected chi connectivity index (χ2v) is 11.0. The molecule has 0 aromatic rings. The molecule has 0 aromatic heterocycles. The Morgan fingerprint density at radius 1 is 0.587 bits per heavy atom. The predicted molar refractivity (Wildman–Crippen MR) is 158 cm³/mol. The Hall–Kier alpha value is -1.53. The van der Waals surface area contributed by atoms with Gasteiger partial charge in [-0.25, -0.2) is 0 Å². The van der Waals surface area contributed by atoms with Crippen LogP contribution in [-0.4, -0.2) is 175 Å². The number of carbonyl (C=O) groups is 1. The number of hydrogen-bond acceptors (Lipinski definition) is 15. The van der Waals surface area contributed by atoms with Crippen molar-refractivity contribution in [2.75, 3.05) is 77.2 Å².